The Morgan fingerprint density at radius 1 is 1.18 bits per heavy atom. The number of carbonyl (C=O) groups is 2. The Balaban J connectivity index is 3.44. The van der Waals surface area contributed by atoms with E-state index in [1.54, 1.807) is 6.08 Å². The summed E-state index contributed by atoms with van der Waals surface area (Å²) in [4.78, 5) is 22.4. The third-order valence-electron chi connectivity index (χ3n) is 1.86. The van der Waals surface area contributed by atoms with Crippen molar-refractivity contribution < 1.29 is 14.3 Å². The zero-order valence-electron chi connectivity index (χ0n) is 10.8. The molecule has 17 heavy (non-hydrogen) atoms. The van der Waals surface area contributed by atoms with Gasteiger partial charge in [-0.25, -0.2) is 0 Å². The summed E-state index contributed by atoms with van der Waals surface area (Å²) in [5.41, 5.74) is 0. The average molecular weight is 242 g/mol. The third kappa shape index (κ3) is 10.9. The maximum absolute atomic E-state index is 11.2. The lowest BCUT2D eigenvalue weighted by Crippen LogP contribution is -2.36. The van der Waals surface area contributed by atoms with Crippen LogP contribution in [-0.4, -0.2) is 37.6 Å². The van der Waals surface area contributed by atoms with E-state index in [2.05, 4.69) is 10.6 Å². The van der Waals surface area contributed by atoms with Crippen LogP contribution in [0.15, 0.2) is 12.2 Å². The molecule has 5 heteroatoms. The first-order valence-corrected chi connectivity index (χ1v) is 5.82. The molecule has 2 N–H and O–H groups in total. The van der Waals surface area contributed by atoms with Crippen LogP contribution in [-0.2, 0) is 14.3 Å². The van der Waals surface area contributed by atoms with Crippen molar-refractivity contribution in [2.45, 2.75) is 33.3 Å². The van der Waals surface area contributed by atoms with Crippen molar-refractivity contribution >= 4 is 11.8 Å². The summed E-state index contributed by atoms with van der Waals surface area (Å²) in [6.07, 6.45) is 4.02. The summed E-state index contributed by atoms with van der Waals surface area (Å²) in [6, 6.07) is 0. The highest BCUT2D eigenvalue weighted by atomic mass is 16.5. The lowest BCUT2D eigenvalue weighted by molar-refractivity contribution is -0.127. The molecule has 0 atom stereocenters. The number of rotatable bonds is 8. The molecule has 0 saturated heterocycles. The summed E-state index contributed by atoms with van der Waals surface area (Å²) in [7, 11) is 0. The van der Waals surface area contributed by atoms with E-state index in [-0.39, 0.29) is 24.5 Å². The summed E-state index contributed by atoms with van der Waals surface area (Å²) in [5, 5.41) is 5.34. The van der Waals surface area contributed by atoms with E-state index < -0.39 is 0 Å². The summed E-state index contributed by atoms with van der Waals surface area (Å²) in [6.45, 7) is 6.52. The van der Waals surface area contributed by atoms with Gasteiger partial charge in [0, 0.05) is 19.5 Å². The van der Waals surface area contributed by atoms with Gasteiger partial charge in [0.05, 0.1) is 6.10 Å². The van der Waals surface area contributed by atoms with Crippen LogP contribution in [0.4, 0.5) is 0 Å². The van der Waals surface area contributed by atoms with Crippen LogP contribution >= 0.6 is 0 Å². The van der Waals surface area contributed by atoms with Gasteiger partial charge in [-0.2, -0.15) is 0 Å². The van der Waals surface area contributed by atoms with E-state index in [1.165, 1.54) is 0 Å². The second kappa shape index (κ2) is 9.84. The first kappa shape index (κ1) is 15.6. The van der Waals surface area contributed by atoms with Gasteiger partial charge in [-0.05, 0) is 20.8 Å². The van der Waals surface area contributed by atoms with Crippen molar-refractivity contribution in [3.8, 4) is 0 Å². The Hall–Kier alpha value is -1.36. The van der Waals surface area contributed by atoms with E-state index in [4.69, 9.17) is 4.74 Å². The van der Waals surface area contributed by atoms with Crippen LogP contribution in [0.1, 0.15) is 27.2 Å². The second-order valence-corrected chi connectivity index (χ2v) is 3.83. The SMILES string of the molecule is C/C=C\CC(=O)NCCNC(=O)COC(C)C. The molecule has 0 radical (unpaired) electrons. The predicted octanol–water partition coefficient (Wildman–Crippen LogP) is 0.610. The molecule has 98 valence electrons. The fourth-order valence-electron chi connectivity index (χ4n) is 0.994. The Kier molecular flexibility index (Phi) is 9.05. The van der Waals surface area contributed by atoms with Gasteiger partial charge in [-0.15, -0.1) is 0 Å². The van der Waals surface area contributed by atoms with Crippen molar-refractivity contribution in [1.82, 2.24) is 10.6 Å². The number of amides is 2. The van der Waals surface area contributed by atoms with Crippen LogP contribution < -0.4 is 10.6 Å². The molecule has 0 aromatic carbocycles. The van der Waals surface area contributed by atoms with Crippen LogP contribution in [0.25, 0.3) is 0 Å². The quantitative estimate of drug-likeness (QED) is 0.484. The Labute approximate surface area is 103 Å². The number of nitrogens with one attached hydrogen (secondary N) is 2. The summed E-state index contributed by atoms with van der Waals surface area (Å²) < 4.78 is 5.13. The monoisotopic (exact) mass is 242 g/mol. The molecular weight excluding hydrogens is 220 g/mol. The molecule has 0 aliphatic rings. The molecule has 0 aliphatic carbocycles. The Morgan fingerprint density at radius 2 is 1.76 bits per heavy atom. The number of hydrogen-bond donors (Lipinski definition) is 2. The fraction of sp³-hybridized carbons (Fsp3) is 0.667. The van der Waals surface area contributed by atoms with E-state index in [9.17, 15) is 9.59 Å². The van der Waals surface area contributed by atoms with E-state index >= 15 is 0 Å². The number of carbonyl (C=O) groups excluding carboxylic acids is 2. The van der Waals surface area contributed by atoms with Gasteiger partial charge < -0.3 is 15.4 Å². The van der Waals surface area contributed by atoms with Crippen molar-refractivity contribution in [2.24, 2.45) is 0 Å². The van der Waals surface area contributed by atoms with Gasteiger partial charge in [0.15, 0.2) is 0 Å². The maximum Gasteiger partial charge on any atom is 0.246 e. The molecular formula is C12H22N2O3. The number of allylic oxidation sites excluding steroid dienone is 1. The maximum atomic E-state index is 11.2. The number of ether oxygens (including phenoxy) is 1. The number of hydrogen-bond acceptors (Lipinski definition) is 3. The van der Waals surface area contributed by atoms with Gasteiger partial charge in [0.2, 0.25) is 11.8 Å². The smallest absolute Gasteiger partial charge is 0.246 e. The van der Waals surface area contributed by atoms with E-state index in [1.807, 2.05) is 26.8 Å². The molecule has 0 rings (SSSR count). The molecule has 0 aromatic rings. The van der Waals surface area contributed by atoms with Crippen LogP contribution in [0.5, 0.6) is 0 Å². The normalized spacial score (nSPS) is 10.8. The molecule has 5 nitrogen and oxygen atoms in total. The largest absolute Gasteiger partial charge is 0.369 e. The molecule has 0 saturated carbocycles. The molecule has 0 aromatic heterocycles. The van der Waals surface area contributed by atoms with E-state index in [0.717, 1.165) is 0 Å². The highest BCUT2D eigenvalue weighted by molar-refractivity contribution is 5.78. The van der Waals surface area contributed by atoms with Crippen LogP contribution in [0.3, 0.4) is 0 Å². The van der Waals surface area contributed by atoms with Gasteiger partial charge >= 0.3 is 0 Å². The minimum absolute atomic E-state index is 0.0429. The zero-order valence-corrected chi connectivity index (χ0v) is 10.8. The van der Waals surface area contributed by atoms with Crippen molar-refractivity contribution in [2.75, 3.05) is 19.7 Å². The molecule has 0 unspecified atom stereocenters. The molecule has 0 spiro atoms. The predicted molar refractivity (Wildman–Crippen MR) is 66.5 cm³/mol. The minimum Gasteiger partial charge on any atom is -0.369 e. The molecule has 0 bridgehead atoms. The van der Waals surface area contributed by atoms with Gasteiger partial charge in [-0.3, -0.25) is 9.59 Å². The third-order valence-corrected chi connectivity index (χ3v) is 1.86. The van der Waals surface area contributed by atoms with Gasteiger partial charge in [0.1, 0.15) is 6.61 Å². The van der Waals surface area contributed by atoms with Gasteiger partial charge in [-0.1, -0.05) is 12.2 Å². The Bertz CT molecular complexity index is 262. The van der Waals surface area contributed by atoms with Gasteiger partial charge in [0.25, 0.3) is 0 Å². The second-order valence-electron chi connectivity index (χ2n) is 3.83. The fourth-order valence-corrected chi connectivity index (χ4v) is 0.994. The van der Waals surface area contributed by atoms with Crippen molar-refractivity contribution in [1.29, 1.82) is 0 Å². The first-order valence-electron chi connectivity index (χ1n) is 5.82. The topological polar surface area (TPSA) is 67.4 Å². The molecule has 2 amide bonds. The van der Waals surface area contributed by atoms with Crippen LogP contribution in [0.2, 0.25) is 0 Å². The van der Waals surface area contributed by atoms with E-state index in [0.29, 0.717) is 19.5 Å². The highest BCUT2D eigenvalue weighted by Gasteiger charge is 2.02. The van der Waals surface area contributed by atoms with Crippen molar-refractivity contribution in [3.05, 3.63) is 12.2 Å². The summed E-state index contributed by atoms with van der Waals surface area (Å²) >= 11 is 0. The minimum atomic E-state index is -0.165. The first-order chi connectivity index (χ1) is 8.06. The molecule has 0 aliphatic heterocycles. The average Bonchev–Trinajstić information content (AvgIpc) is 2.29. The molecule has 0 fully saturated rings. The van der Waals surface area contributed by atoms with Crippen LogP contribution in [0, 0.1) is 0 Å². The zero-order chi connectivity index (χ0) is 13.1. The van der Waals surface area contributed by atoms with Crippen molar-refractivity contribution in [3.63, 3.8) is 0 Å². The molecule has 0 heterocycles. The summed E-state index contributed by atoms with van der Waals surface area (Å²) in [5.74, 6) is -0.211. The lowest BCUT2D eigenvalue weighted by Gasteiger charge is -2.08. The lowest BCUT2D eigenvalue weighted by atomic mass is 10.3. The Morgan fingerprint density at radius 3 is 2.29 bits per heavy atom. The highest BCUT2D eigenvalue weighted by Crippen LogP contribution is 1.86. The standard InChI is InChI=1S/C12H22N2O3/c1-4-5-6-11(15)13-7-8-14-12(16)9-17-10(2)3/h4-5,10H,6-9H2,1-3H3,(H,13,15)(H,14,16)/b5-4-.